The number of rotatable bonds is 5. The Labute approximate surface area is 113 Å². The summed E-state index contributed by atoms with van der Waals surface area (Å²) in [6.45, 7) is 5.10. The Morgan fingerprint density at radius 2 is 2.26 bits per heavy atom. The zero-order chi connectivity index (χ0) is 13.8. The van der Waals surface area contributed by atoms with Crippen LogP contribution in [-0.4, -0.2) is 58.7 Å². The van der Waals surface area contributed by atoms with Crippen LogP contribution in [0.5, 0.6) is 0 Å². The van der Waals surface area contributed by atoms with Gasteiger partial charge in [0, 0.05) is 32.0 Å². The van der Waals surface area contributed by atoms with Crippen LogP contribution in [0.3, 0.4) is 0 Å². The van der Waals surface area contributed by atoms with Gasteiger partial charge in [0.1, 0.15) is 0 Å². The summed E-state index contributed by atoms with van der Waals surface area (Å²) >= 11 is 0. The Bertz CT molecular complexity index is 452. The summed E-state index contributed by atoms with van der Waals surface area (Å²) in [6.07, 6.45) is 5.30. The van der Waals surface area contributed by atoms with Crippen molar-refractivity contribution in [1.29, 1.82) is 0 Å². The van der Waals surface area contributed by atoms with Gasteiger partial charge in [-0.3, -0.25) is 4.90 Å². The molecule has 1 aliphatic heterocycles. The van der Waals surface area contributed by atoms with Crippen molar-refractivity contribution in [2.24, 2.45) is 0 Å². The van der Waals surface area contributed by atoms with Crippen molar-refractivity contribution in [3.63, 3.8) is 0 Å². The summed E-state index contributed by atoms with van der Waals surface area (Å²) in [7, 11) is 1.88. The molecule has 6 nitrogen and oxygen atoms in total. The molecule has 0 bridgehead atoms. The van der Waals surface area contributed by atoms with Gasteiger partial charge < -0.3 is 10.0 Å². The van der Waals surface area contributed by atoms with Gasteiger partial charge >= 0.3 is 5.97 Å². The molecular formula is C13H20N4O2. The van der Waals surface area contributed by atoms with E-state index >= 15 is 0 Å². The lowest BCUT2D eigenvalue weighted by Gasteiger charge is -2.28. The lowest BCUT2D eigenvalue weighted by Crippen LogP contribution is -2.39. The molecule has 1 unspecified atom stereocenters. The molecule has 1 fully saturated rings. The van der Waals surface area contributed by atoms with Gasteiger partial charge in [-0.25, -0.2) is 14.8 Å². The van der Waals surface area contributed by atoms with Crippen LogP contribution in [0.1, 0.15) is 30.3 Å². The number of aromatic nitrogens is 2. The number of nitrogens with zero attached hydrogens (tertiary/aromatic N) is 4. The first-order valence-corrected chi connectivity index (χ1v) is 6.63. The molecule has 19 heavy (non-hydrogen) atoms. The Morgan fingerprint density at radius 3 is 2.95 bits per heavy atom. The summed E-state index contributed by atoms with van der Waals surface area (Å²) < 4.78 is 0. The molecule has 104 valence electrons. The maximum Gasteiger partial charge on any atom is 0.358 e. The van der Waals surface area contributed by atoms with Gasteiger partial charge in [-0.15, -0.1) is 0 Å². The number of likely N-dealkylation sites (N-methyl/N-ethyl adjacent to an activating group) is 2. The number of carboxylic acid groups (broad SMARTS) is 1. The molecule has 0 radical (unpaired) electrons. The Balaban J connectivity index is 2.11. The van der Waals surface area contributed by atoms with Gasteiger partial charge in [0.25, 0.3) is 0 Å². The lowest BCUT2D eigenvalue weighted by atomic mass is 10.2. The smallest absolute Gasteiger partial charge is 0.358 e. The number of aromatic carboxylic acids is 1. The van der Waals surface area contributed by atoms with E-state index in [1.54, 1.807) is 0 Å². The average molecular weight is 264 g/mol. The van der Waals surface area contributed by atoms with Gasteiger partial charge in [0.15, 0.2) is 11.5 Å². The molecule has 0 aliphatic carbocycles. The standard InChI is InChI=1S/C13H20N4O2/c1-3-17-8-4-5-10(17)9-16(2)12-11(13(18)19)14-6-7-15-12/h6-7,10H,3-5,8-9H2,1-2H3,(H,18,19). The summed E-state index contributed by atoms with van der Waals surface area (Å²) in [6, 6.07) is 0.471. The molecule has 1 aromatic heterocycles. The molecule has 1 saturated heterocycles. The number of carbonyl (C=O) groups is 1. The molecule has 0 aromatic carbocycles. The van der Waals surface area contributed by atoms with E-state index in [-0.39, 0.29) is 5.69 Å². The normalized spacial score (nSPS) is 19.6. The van der Waals surface area contributed by atoms with E-state index in [1.807, 2.05) is 11.9 Å². The van der Waals surface area contributed by atoms with Crippen LogP contribution in [0.2, 0.25) is 0 Å². The third-order valence-electron chi connectivity index (χ3n) is 3.63. The Morgan fingerprint density at radius 1 is 1.53 bits per heavy atom. The summed E-state index contributed by atoms with van der Waals surface area (Å²) in [5.74, 6) is -0.591. The molecule has 6 heteroatoms. The van der Waals surface area contributed by atoms with Crippen LogP contribution >= 0.6 is 0 Å². The van der Waals surface area contributed by atoms with Crippen LogP contribution in [0.25, 0.3) is 0 Å². The second-order valence-electron chi connectivity index (χ2n) is 4.84. The summed E-state index contributed by atoms with van der Waals surface area (Å²) in [4.78, 5) is 23.5. The minimum absolute atomic E-state index is 0.0195. The van der Waals surface area contributed by atoms with Crippen molar-refractivity contribution < 1.29 is 9.90 Å². The Hall–Kier alpha value is -1.69. The maximum absolute atomic E-state index is 11.1. The van der Waals surface area contributed by atoms with E-state index < -0.39 is 5.97 Å². The number of likely N-dealkylation sites (tertiary alicyclic amines) is 1. The van der Waals surface area contributed by atoms with Gasteiger partial charge in [-0.05, 0) is 25.9 Å². The third kappa shape index (κ3) is 3.01. The van der Waals surface area contributed by atoms with Crippen LogP contribution in [-0.2, 0) is 0 Å². The van der Waals surface area contributed by atoms with Gasteiger partial charge in [0.05, 0.1) is 0 Å². The van der Waals surface area contributed by atoms with E-state index in [0.29, 0.717) is 11.9 Å². The molecule has 1 atom stereocenters. The summed E-state index contributed by atoms with van der Waals surface area (Å²) in [5.41, 5.74) is 0.0195. The fourth-order valence-electron chi connectivity index (χ4n) is 2.68. The zero-order valence-corrected chi connectivity index (χ0v) is 11.4. The Kier molecular flexibility index (Phi) is 4.31. The first kappa shape index (κ1) is 13.7. The zero-order valence-electron chi connectivity index (χ0n) is 11.4. The SMILES string of the molecule is CCN1CCCC1CN(C)c1nccnc1C(=O)O. The number of anilines is 1. The monoisotopic (exact) mass is 264 g/mol. The topological polar surface area (TPSA) is 69.6 Å². The first-order chi connectivity index (χ1) is 9.13. The fraction of sp³-hybridized carbons (Fsp3) is 0.615. The maximum atomic E-state index is 11.1. The third-order valence-corrected chi connectivity index (χ3v) is 3.63. The molecule has 2 heterocycles. The largest absolute Gasteiger partial charge is 0.476 e. The van der Waals surface area contributed by atoms with Crippen molar-refractivity contribution in [3.8, 4) is 0 Å². The van der Waals surface area contributed by atoms with Gasteiger partial charge in [-0.2, -0.15) is 0 Å². The van der Waals surface area contributed by atoms with Crippen molar-refractivity contribution in [2.45, 2.75) is 25.8 Å². The molecule has 0 spiro atoms. The van der Waals surface area contributed by atoms with Crippen LogP contribution in [0.15, 0.2) is 12.4 Å². The lowest BCUT2D eigenvalue weighted by molar-refractivity contribution is 0.0690. The van der Waals surface area contributed by atoms with Crippen molar-refractivity contribution in [3.05, 3.63) is 18.1 Å². The summed E-state index contributed by atoms with van der Waals surface area (Å²) in [5, 5.41) is 9.13. The highest BCUT2D eigenvalue weighted by Crippen LogP contribution is 2.20. The number of hydrogen-bond donors (Lipinski definition) is 1. The van der Waals surface area contributed by atoms with E-state index in [4.69, 9.17) is 5.11 Å². The molecule has 1 aromatic rings. The predicted molar refractivity (Wildman–Crippen MR) is 72.5 cm³/mol. The van der Waals surface area contributed by atoms with Crippen LogP contribution < -0.4 is 4.90 Å². The van der Waals surface area contributed by atoms with E-state index in [1.165, 1.54) is 18.8 Å². The van der Waals surface area contributed by atoms with Crippen molar-refractivity contribution in [2.75, 3.05) is 31.6 Å². The minimum atomic E-state index is -1.03. The first-order valence-electron chi connectivity index (χ1n) is 6.63. The molecule has 0 amide bonds. The molecule has 1 N–H and O–H groups in total. The highest BCUT2D eigenvalue weighted by Gasteiger charge is 2.26. The van der Waals surface area contributed by atoms with Gasteiger partial charge in [-0.1, -0.05) is 6.92 Å². The highest BCUT2D eigenvalue weighted by atomic mass is 16.4. The van der Waals surface area contributed by atoms with Crippen LogP contribution in [0.4, 0.5) is 5.82 Å². The predicted octanol–water partition coefficient (Wildman–Crippen LogP) is 1.10. The highest BCUT2D eigenvalue weighted by molar-refractivity contribution is 5.90. The van der Waals surface area contributed by atoms with Crippen molar-refractivity contribution in [1.82, 2.24) is 14.9 Å². The molecule has 0 saturated carbocycles. The van der Waals surface area contributed by atoms with E-state index in [2.05, 4.69) is 21.8 Å². The molecule has 2 rings (SSSR count). The second kappa shape index (κ2) is 5.97. The fourth-order valence-corrected chi connectivity index (χ4v) is 2.68. The number of carboxylic acids is 1. The molecular weight excluding hydrogens is 244 g/mol. The van der Waals surface area contributed by atoms with Gasteiger partial charge in [0.2, 0.25) is 0 Å². The minimum Gasteiger partial charge on any atom is -0.476 e. The quantitative estimate of drug-likeness (QED) is 0.858. The number of hydrogen-bond acceptors (Lipinski definition) is 5. The van der Waals surface area contributed by atoms with E-state index in [9.17, 15) is 4.79 Å². The van der Waals surface area contributed by atoms with E-state index in [0.717, 1.165) is 26.1 Å². The van der Waals surface area contributed by atoms with Crippen LogP contribution in [0, 0.1) is 0 Å². The average Bonchev–Trinajstić information content (AvgIpc) is 2.85. The molecule has 1 aliphatic rings. The van der Waals surface area contributed by atoms with Crippen molar-refractivity contribution >= 4 is 11.8 Å². The second-order valence-corrected chi connectivity index (χ2v) is 4.84.